The number of benzene rings is 10. The topological polar surface area (TPSA) is 30.7 Å². The molecule has 0 N–H and O–H groups in total. The lowest BCUT2D eigenvalue weighted by molar-refractivity contribution is 1.18. The first kappa shape index (κ1) is 34.9. The Morgan fingerprint density at radius 1 is 0.279 bits per heavy atom. The van der Waals surface area contributed by atoms with Crippen LogP contribution in [0.2, 0.25) is 0 Å². The van der Waals surface area contributed by atoms with Crippen molar-refractivity contribution in [1.82, 2.24) is 14.5 Å². The van der Waals surface area contributed by atoms with E-state index in [-0.39, 0.29) is 0 Å². The number of nitrogens with zero attached hydrogens (tertiary/aromatic N) is 3. The number of rotatable bonds is 6. The lowest BCUT2D eigenvalue weighted by atomic mass is 9.88. The summed E-state index contributed by atoms with van der Waals surface area (Å²) in [5.74, 6) is 0.712. The fraction of sp³-hybridized carbons (Fsp3) is 0. The van der Waals surface area contributed by atoms with Crippen LogP contribution in [0.5, 0.6) is 0 Å². The van der Waals surface area contributed by atoms with E-state index in [0.717, 1.165) is 33.8 Å². The van der Waals surface area contributed by atoms with Crippen LogP contribution >= 0.6 is 0 Å². The van der Waals surface area contributed by atoms with E-state index in [0.29, 0.717) is 5.82 Å². The van der Waals surface area contributed by atoms with Crippen molar-refractivity contribution < 1.29 is 0 Å². The first-order valence-electron chi connectivity index (χ1n) is 20.8. The third-order valence-electron chi connectivity index (χ3n) is 12.2. The molecule has 12 rings (SSSR count). The van der Waals surface area contributed by atoms with Crippen LogP contribution in [0.25, 0.3) is 116 Å². The third kappa shape index (κ3) is 5.90. The molecule has 0 radical (unpaired) electrons. The van der Waals surface area contributed by atoms with Crippen LogP contribution < -0.4 is 0 Å². The van der Waals surface area contributed by atoms with Crippen molar-refractivity contribution in [2.45, 2.75) is 0 Å². The van der Waals surface area contributed by atoms with Crippen molar-refractivity contribution in [1.29, 1.82) is 0 Å². The monoisotopic (exact) mass is 775 g/mol. The van der Waals surface area contributed by atoms with Crippen LogP contribution in [0, 0.1) is 0 Å². The molecule has 3 heteroatoms. The molecule has 0 bridgehead atoms. The lowest BCUT2D eigenvalue weighted by Crippen LogP contribution is -1.96. The predicted molar refractivity (Wildman–Crippen MR) is 256 cm³/mol. The van der Waals surface area contributed by atoms with Gasteiger partial charge in [0.25, 0.3) is 0 Å². The maximum Gasteiger partial charge on any atom is 0.160 e. The van der Waals surface area contributed by atoms with E-state index in [1.165, 1.54) is 76.4 Å². The second-order valence-electron chi connectivity index (χ2n) is 15.7. The Labute approximate surface area is 353 Å². The molecule has 0 saturated heterocycles. The van der Waals surface area contributed by atoms with Crippen molar-refractivity contribution in [2.24, 2.45) is 0 Å². The minimum absolute atomic E-state index is 0.712. The number of fused-ring (bicyclic) bond motifs is 9. The van der Waals surface area contributed by atoms with Gasteiger partial charge >= 0.3 is 0 Å². The molecule has 284 valence electrons. The highest BCUT2D eigenvalue weighted by Crippen LogP contribution is 2.43. The summed E-state index contributed by atoms with van der Waals surface area (Å²) in [5.41, 5.74) is 13.3. The van der Waals surface area contributed by atoms with Crippen LogP contribution in [0.1, 0.15) is 0 Å². The molecule has 12 aromatic rings. The molecule has 3 nitrogen and oxygen atoms in total. The Bertz CT molecular complexity index is 3550. The normalized spacial score (nSPS) is 11.6. The van der Waals surface area contributed by atoms with E-state index in [9.17, 15) is 0 Å². The Balaban J connectivity index is 1.04. The van der Waals surface area contributed by atoms with Gasteiger partial charge in [0.2, 0.25) is 0 Å². The van der Waals surface area contributed by atoms with E-state index in [4.69, 9.17) is 9.97 Å². The predicted octanol–water partition coefficient (Wildman–Crippen LogP) is 15.4. The molecule has 0 aliphatic carbocycles. The molecule has 10 aromatic carbocycles. The fourth-order valence-corrected chi connectivity index (χ4v) is 9.33. The van der Waals surface area contributed by atoms with E-state index in [1.54, 1.807) is 0 Å². The van der Waals surface area contributed by atoms with Crippen LogP contribution in [-0.2, 0) is 0 Å². The molecule has 2 aromatic heterocycles. The highest BCUT2D eigenvalue weighted by molar-refractivity contribution is 6.29. The molecule has 0 aliphatic heterocycles. The Hall–Kier alpha value is -8.14. The minimum Gasteiger partial charge on any atom is -0.309 e. The summed E-state index contributed by atoms with van der Waals surface area (Å²) >= 11 is 0. The molecular weight excluding hydrogens is 739 g/mol. The smallest absolute Gasteiger partial charge is 0.160 e. The molecule has 0 fully saturated rings. The largest absolute Gasteiger partial charge is 0.309 e. The van der Waals surface area contributed by atoms with Gasteiger partial charge in [0, 0.05) is 33.2 Å². The lowest BCUT2D eigenvalue weighted by Gasteiger charge is -2.16. The van der Waals surface area contributed by atoms with Gasteiger partial charge in [-0.2, -0.15) is 0 Å². The van der Waals surface area contributed by atoms with Crippen molar-refractivity contribution in [2.75, 3.05) is 0 Å². The zero-order valence-corrected chi connectivity index (χ0v) is 33.2. The fourth-order valence-electron chi connectivity index (χ4n) is 9.33. The summed E-state index contributed by atoms with van der Waals surface area (Å²) in [5, 5.41) is 9.84. The van der Waals surface area contributed by atoms with Gasteiger partial charge < -0.3 is 4.57 Å². The second kappa shape index (κ2) is 14.3. The van der Waals surface area contributed by atoms with Crippen molar-refractivity contribution in [3.8, 4) is 61.8 Å². The average molecular weight is 776 g/mol. The van der Waals surface area contributed by atoms with Crippen molar-refractivity contribution >= 4 is 54.1 Å². The van der Waals surface area contributed by atoms with E-state index in [2.05, 4.69) is 205 Å². The number of aromatic nitrogens is 3. The minimum atomic E-state index is 0.712. The molecule has 0 unspecified atom stereocenters. The Morgan fingerprint density at radius 3 is 1.52 bits per heavy atom. The number of hydrogen-bond acceptors (Lipinski definition) is 2. The van der Waals surface area contributed by atoms with Gasteiger partial charge in [-0.3, -0.25) is 0 Å². The molecular formula is C58H37N3. The maximum atomic E-state index is 5.20. The van der Waals surface area contributed by atoms with Gasteiger partial charge in [0.05, 0.1) is 22.4 Å². The van der Waals surface area contributed by atoms with Gasteiger partial charge in [-0.05, 0) is 97.0 Å². The summed E-state index contributed by atoms with van der Waals surface area (Å²) in [4.78, 5) is 10.3. The summed E-state index contributed by atoms with van der Waals surface area (Å²) in [6.45, 7) is 0. The summed E-state index contributed by atoms with van der Waals surface area (Å²) in [7, 11) is 0. The summed E-state index contributed by atoms with van der Waals surface area (Å²) < 4.78 is 2.40. The second-order valence-corrected chi connectivity index (χ2v) is 15.7. The van der Waals surface area contributed by atoms with E-state index in [1.807, 2.05) is 24.3 Å². The van der Waals surface area contributed by atoms with Gasteiger partial charge in [0.15, 0.2) is 5.82 Å². The zero-order valence-electron chi connectivity index (χ0n) is 33.2. The maximum absolute atomic E-state index is 5.20. The standard InChI is InChI=1S/C58H37N3/c1-4-15-38(16-5-1)39-27-31-44(32-28-39)61-55-26-13-12-23-48(55)52-35-42(30-34-56(52)61)45-24-14-25-49-46-21-10-11-22-47(46)51-36-43(29-33-50(51)57(45)49)54-37-53(40-17-6-2-7-18-40)59-58(60-54)41-19-8-3-9-20-41/h1-37H. The highest BCUT2D eigenvalue weighted by atomic mass is 15.0. The van der Waals surface area contributed by atoms with Crippen molar-refractivity contribution in [3.05, 3.63) is 224 Å². The molecule has 0 aliphatic rings. The SMILES string of the molecule is c1ccc(-c2ccc(-n3c4ccccc4c4cc(-c5cccc6c7ccccc7c7cc(-c8cc(-c9ccccc9)nc(-c9ccccc9)n8)ccc7c56)ccc43)cc2)cc1. The van der Waals surface area contributed by atoms with Crippen molar-refractivity contribution in [3.63, 3.8) is 0 Å². The van der Waals surface area contributed by atoms with Crippen LogP contribution in [0.15, 0.2) is 224 Å². The van der Waals surface area contributed by atoms with Gasteiger partial charge in [-0.15, -0.1) is 0 Å². The van der Waals surface area contributed by atoms with Crippen LogP contribution in [-0.4, -0.2) is 14.5 Å². The van der Waals surface area contributed by atoms with E-state index >= 15 is 0 Å². The van der Waals surface area contributed by atoms with Gasteiger partial charge in [0.1, 0.15) is 0 Å². The Morgan fingerprint density at radius 2 is 0.787 bits per heavy atom. The molecule has 0 atom stereocenters. The quantitative estimate of drug-likeness (QED) is 0.158. The van der Waals surface area contributed by atoms with Gasteiger partial charge in [-0.1, -0.05) is 182 Å². The third-order valence-corrected chi connectivity index (χ3v) is 12.2. The van der Waals surface area contributed by atoms with Gasteiger partial charge in [-0.25, -0.2) is 9.97 Å². The van der Waals surface area contributed by atoms with Crippen LogP contribution in [0.4, 0.5) is 0 Å². The highest BCUT2D eigenvalue weighted by Gasteiger charge is 2.18. The average Bonchev–Trinajstić information content (AvgIpc) is 3.68. The first-order chi connectivity index (χ1) is 30.2. The summed E-state index contributed by atoms with van der Waals surface area (Å²) in [6.07, 6.45) is 0. The van der Waals surface area contributed by atoms with E-state index < -0.39 is 0 Å². The summed E-state index contributed by atoms with van der Waals surface area (Å²) in [6, 6.07) is 80.5. The molecule has 0 spiro atoms. The Kier molecular flexibility index (Phi) is 8.17. The first-order valence-corrected chi connectivity index (χ1v) is 20.8. The molecule has 2 heterocycles. The zero-order chi connectivity index (χ0) is 40.3. The molecule has 61 heavy (non-hydrogen) atoms. The van der Waals surface area contributed by atoms with Crippen LogP contribution in [0.3, 0.4) is 0 Å². The molecule has 0 saturated carbocycles. The molecule has 0 amide bonds. The number of para-hydroxylation sites is 1. The number of hydrogen-bond donors (Lipinski definition) is 0.